The van der Waals surface area contributed by atoms with E-state index in [0.29, 0.717) is 24.5 Å². The predicted molar refractivity (Wildman–Crippen MR) is 139 cm³/mol. The van der Waals surface area contributed by atoms with E-state index < -0.39 is 5.82 Å². The Balaban J connectivity index is 1.69. The van der Waals surface area contributed by atoms with Crippen LogP contribution in [0.3, 0.4) is 0 Å². The first-order valence-corrected chi connectivity index (χ1v) is 12.3. The highest BCUT2D eigenvalue weighted by molar-refractivity contribution is 5.83. The molecule has 186 valence electrons. The van der Waals surface area contributed by atoms with Gasteiger partial charge in [0, 0.05) is 18.5 Å². The van der Waals surface area contributed by atoms with Crippen LogP contribution in [0.15, 0.2) is 42.5 Å². The van der Waals surface area contributed by atoms with E-state index in [1.807, 2.05) is 31.3 Å². The molecule has 5 nitrogen and oxygen atoms in total. The second-order valence-corrected chi connectivity index (χ2v) is 9.20. The third kappa shape index (κ3) is 5.38. The van der Waals surface area contributed by atoms with Crippen molar-refractivity contribution in [3.05, 3.63) is 70.5 Å². The molecule has 0 aliphatic heterocycles. The van der Waals surface area contributed by atoms with Gasteiger partial charge in [-0.25, -0.2) is 4.39 Å². The lowest BCUT2D eigenvalue weighted by atomic mass is 9.83. The van der Waals surface area contributed by atoms with E-state index in [2.05, 4.69) is 11.8 Å². The first-order valence-electron chi connectivity index (χ1n) is 12.3. The molecule has 0 saturated heterocycles. The van der Waals surface area contributed by atoms with Crippen LogP contribution in [0.5, 0.6) is 17.2 Å². The monoisotopic (exact) mass is 478 g/mol. The van der Waals surface area contributed by atoms with Crippen molar-refractivity contribution in [2.75, 3.05) is 39.6 Å². The fourth-order valence-electron chi connectivity index (χ4n) is 4.81. The molecule has 4 rings (SSSR count). The fraction of sp³-hybridized carbons (Fsp3) is 0.379. The molecule has 0 radical (unpaired) electrons. The Kier molecular flexibility index (Phi) is 7.81. The number of phenols is 1. The van der Waals surface area contributed by atoms with Crippen LogP contribution < -0.4 is 15.2 Å². The Bertz CT molecular complexity index is 1200. The van der Waals surface area contributed by atoms with Gasteiger partial charge in [0.05, 0.1) is 12.8 Å². The molecule has 1 aliphatic carbocycles. The molecule has 0 saturated carbocycles. The van der Waals surface area contributed by atoms with E-state index in [1.165, 1.54) is 17.2 Å². The predicted octanol–water partition coefficient (Wildman–Crippen LogP) is 5.59. The molecular weight excluding hydrogens is 443 g/mol. The number of anilines is 1. The number of fused-ring (bicyclic) bond motifs is 1. The molecule has 0 bridgehead atoms. The van der Waals surface area contributed by atoms with Gasteiger partial charge in [-0.1, -0.05) is 25.1 Å². The molecule has 0 atom stereocenters. The molecule has 3 aromatic carbocycles. The number of rotatable bonds is 9. The Morgan fingerprint density at radius 3 is 2.57 bits per heavy atom. The standard InChI is InChI=1S/C29H35FN2O3/c1-4-32(2)15-16-35-26-13-9-19(18-24(26)30)17-23-22(11-14-27(34-3)29(23)31)28-21-8-6-5-7-20(21)10-12-25(28)33/h9-14,18,33H,4-8,15-17,31H2,1-3H3. The second kappa shape index (κ2) is 11.0. The molecule has 35 heavy (non-hydrogen) atoms. The quantitative estimate of drug-likeness (QED) is 0.393. The maximum Gasteiger partial charge on any atom is 0.165 e. The van der Waals surface area contributed by atoms with Crippen molar-refractivity contribution >= 4 is 5.69 Å². The van der Waals surface area contributed by atoms with E-state index in [-0.39, 0.29) is 11.5 Å². The van der Waals surface area contributed by atoms with E-state index >= 15 is 0 Å². The number of nitrogens with two attached hydrogens (primary N) is 1. The number of likely N-dealkylation sites (N-methyl/N-ethyl adjacent to an activating group) is 1. The van der Waals surface area contributed by atoms with Crippen LogP contribution in [-0.4, -0.2) is 43.9 Å². The molecule has 0 unspecified atom stereocenters. The Labute approximate surface area is 207 Å². The number of halogens is 1. The van der Waals surface area contributed by atoms with Crippen LogP contribution in [0.1, 0.15) is 42.0 Å². The van der Waals surface area contributed by atoms with E-state index in [0.717, 1.165) is 61.0 Å². The number of ether oxygens (including phenoxy) is 2. The van der Waals surface area contributed by atoms with Crippen LogP contribution in [0.2, 0.25) is 0 Å². The molecule has 0 heterocycles. The lowest BCUT2D eigenvalue weighted by Gasteiger charge is -2.23. The molecule has 6 heteroatoms. The summed E-state index contributed by atoms with van der Waals surface area (Å²) >= 11 is 0. The molecule has 0 aromatic heterocycles. The van der Waals surface area contributed by atoms with Gasteiger partial charge in [-0.15, -0.1) is 0 Å². The van der Waals surface area contributed by atoms with Crippen molar-refractivity contribution in [2.24, 2.45) is 0 Å². The largest absolute Gasteiger partial charge is 0.507 e. The highest BCUT2D eigenvalue weighted by atomic mass is 19.1. The van der Waals surface area contributed by atoms with Crippen LogP contribution in [-0.2, 0) is 19.3 Å². The zero-order chi connectivity index (χ0) is 24.9. The lowest BCUT2D eigenvalue weighted by molar-refractivity contribution is 0.236. The number of aryl methyl sites for hydroxylation is 1. The minimum Gasteiger partial charge on any atom is -0.507 e. The number of methoxy groups -OCH3 is 1. The normalized spacial score (nSPS) is 13.1. The summed E-state index contributed by atoms with van der Waals surface area (Å²) in [5, 5.41) is 10.9. The zero-order valence-electron chi connectivity index (χ0n) is 20.9. The number of hydrogen-bond acceptors (Lipinski definition) is 5. The van der Waals surface area contributed by atoms with Gasteiger partial charge in [0.2, 0.25) is 0 Å². The maximum atomic E-state index is 14.9. The number of benzene rings is 3. The number of hydrogen-bond donors (Lipinski definition) is 2. The summed E-state index contributed by atoms with van der Waals surface area (Å²) in [5.74, 6) is 0.647. The van der Waals surface area contributed by atoms with Crippen molar-refractivity contribution in [3.8, 4) is 28.4 Å². The van der Waals surface area contributed by atoms with Crippen LogP contribution in [0.4, 0.5) is 10.1 Å². The van der Waals surface area contributed by atoms with Gasteiger partial charge < -0.3 is 25.2 Å². The molecule has 3 N–H and O–H groups in total. The smallest absolute Gasteiger partial charge is 0.165 e. The highest BCUT2D eigenvalue weighted by Crippen LogP contribution is 2.43. The summed E-state index contributed by atoms with van der Waals surface area (Å²) in [6.07, 6.45) is 4.56. The highest BCUT2D eigenvalue weighted by Gasteiger charge is 2.22. The molecule has 1 aliphatic rings. The van der Waals surface area contributed by atoms with Crippen molar-refractivity contribution in [3.63, 3.8) is 0 Å². The minimum atomic E-state index is -0.399. The first-order chi connectivity index (χ1) is 16.9. The molecule has 3 aromatic rings. The SMILES string of the molecule is CCN(C)CCOc1ccc(Cc2c(-c3c(O)ccc4c3CCCC4)ccc(OC)c2N)cc1F. The molecule has 0 spiro atoms. The maximum absolute atomic E-state index is 14.9. The third-order valence-corrected chi connectivity index (χ3v) is 6.96. The van der Waals surface area contributed by atoms with Crippen molar-refractivity contribution in [1.82, 2.24) is 4.90 Å². The third-order valence-electron chi connectivity index (χ3n) is 6.96. The van der Waals surface area contributed by atoms with Crippen molar-refractivity contribution < 1.29 is 19.0 Å². The van der Waals surface area contributed by atoms with Gasteiger partial charge in [0.15, 0.2) is 11.6 Å². The molecule has 0 fully saturated rings. The van der Waals surface area contributed by atoms with Crippen molar-refractivity contribution in [1.29, 1.82) is 0 Å². The lowest BCUT2D eigenvalue weighted by Crippen LogP contribution is -2.23. The Morgan fingerprint density at radius 2 is 1.83 bits per heavy atom. The summed E-state index contributed by atoms with van der Waals surface area (Å²) in [4.78, 5) is 2.11. The molecular formula is C29H35FN2O3. The van der Waals surface area contributed by atoms with E-state index in [1.54, 1.807) is 19.2 Å². The average molecular weight is 479 g/mol. The number of phenolic OH excluding ortho intramolecular Hbond substituents is 1. The van der Waals surface area contributed by atoms with Crippen LogP contribution in [0.25, 0.3) is 11.1 Å². The van der Waals surface area contributed by atoms with Gasteiger partial charge in [0.1, 0.15) is 18.1 Å². The minimum absolute atomic E-state index is 0.239. The van der Waals surface area contributed by atoms with Gasteiger partial charge in [-0.3, -0.25) is 0 Å². The second-order valence-electron chi connectivity index (χ2n) is 9.20. The number of nitrogen functional groups attached to an aromatic ring is 1. The number of aromatic hydroxyl groups is 1. The zero-order valence-corrected chi connectivity index (χ0v) is 20.9. The van der Waals surface area contributed by atoms with Crippen molar-refractivity contribution in [2.45, 2.75) is 39.0 Å². The van der Waals surface area contributed by atoms with Gasteiger partial charge in [-0.05, 0) is 91.4 Å². The van der Waals surface area contributed by atoms with Gasteiger partial charge in [-0.2, -0.15) is 0 Å². The van der Waals surface area contributed by atoms with Gasteiger partial charge >= 0.3 is 0 Å². The van der Waals surface area contributed by atoms with E-state index in [4.69, 9.17) is 15.2 Å². The number of nitrogens with zero attached hydrogens (tertiary/aromatic N) is 1. The molecule has 0 amide bonds. The Morgan fingerprint density at radius 1 is 1.06 bits per heavy atom. The summed E-state index contributed by atoms with van der Waals surface area (Å²) in [6, 6.07) is 12.6. The summed E-state index contributed by atoms with van der Waals surface area (Å²) in [7, 11) is 3.58. The topological polar surface area (TPSA) is 68.0 Å². The van der Waals surface area contributed by atoms with Crippen LogP contribution in [0, 0.1) is 5.82 Å². The van der Waals surface area contributed by atoms with E-state index in [9.17, 15) is 9.50 Å². The average Bonchev–Trinajstić information content (AvgIpc) is 2.86. The van der Waals surface area contributed by atoms with Crippen LogP contribution >= 0.6 is 0 Å². The first kappa shape index (κ1) is 24.9. The fourth-order valence-corrected chi connectivity index (χ4v) is 4.81. The summed E-state index contributed by atoms with van der Waals surface area (Å²) < 4.78 is 26.0. The van der Waals surface area contributed by atoms with Gasteiger partial charge in [0.25, 0.3) is 0 Å². The summed E-state index contributed by atoms with van der Waals surface area (Å²) in [6.45, 7) is 4.13. The summed E-state index contributed by atoms with van der Waals surface area (Å²) in [5.41, 5.74) is 12.8. The Hall–Kier alpha value is -3.25.